The molecule has 36 heavy (non-hydrogen) atoms. The monoisotopic (exact) mass is 486 g/mol. The van der Waals surface area contributed by atoms with Crippen LogP contribution in [-0.4, -0.2) is 70.8 Å². The van der Waals surface area contributed by atoms with Crippen molar-refractivity contribution in [1.82, 2.24) is 20.3 Å². The molecule has 2 aromatic carbocycles. The zero-order valence-corrected chi connectivity index (χ0v) is 20.4. The minimum Gasteiger partial charge on any atom is -0.488 e. The third-order valence-corrected chi connectivity index (χ3v) is 6.86. The normalized spacial score (nSPS) is 21.8. The van der Waals surface area contributed by atoms with Gasteiger partial charge < -0.3 is 15.0 Å². The van der Waals surface area contributed by atoms with Gasteiger partial charge in [0.2, 0.25) is 5.91 Å². The number of nitrogens with one attached hydrogen (secondary N) is 1. The molecule has 0 aliphatic carbocycles. The number of benzene rings is 2. The van der Waals surface area contributed by atoms with Gasteiger partial charge in [0.1, 0.15) is 11.9 Å². The van der Waals surface area contributed by atoms with Crippen molar-refractivity contribution in [3.05, 3.63) is 78.0 Å². The highest BCUT2D eigenvalue weighted by Crippen LogP contribution is 2.30. The van der Waals surface area contributed by atoms with Crippen LogP contribution in [0.25, 0.3) is 16.5 Å². The summed E-state index contributed by atoms with van der Waals surface area (Å²) < 4.78 is 6.35. The zero-order valence-electron chi connectivity index (χ0n) is 20.4. The van der Waals surface area contributed by atoms with Crippen LogP contribution in [0.3, 0.4) is 0 Å². The third kappa shape index (κ3) is 4.82. The molecule has 2 amide bonds. The van der Waals surface area contributed by atoms with Crippen molar-refractivity contribution >= 4 is 28.3 Å². The van der Waals surface area contributed by atoms with Crippen molar-refractivity contribution in [3.8, 4) is 5.75 Å². The predicted octanol–water partition coefficient (Wildman–Crippen LogP) is 3.04. The summed E-state index contributed by atoms with van der Waals surface area (Å²) in [5.41, 5.74) is 3.84. The number of hydrogen-bond acceptors (Lipinski definition) is 6. The van der Waals surface area contributed by atoms with Gasteiger partial charge >= 0.3 is 0 Å². The first-order valence-electron chi connectivity index (χ1n) is 12.2. The Labute approximate surface area is 210 Å². The van der Waals surface area contributed by atoms with E-state index in [-0.39, 0.29) is 12.0 Å². The minimum absolute atomic E-state index is 0.152. The van der Waals surface area contributed by atoms with Crippen molar-refractivity contribution < 1.29 is 19.5 Å². The van der Waals surface area contributed by atoms with Crippen molar-refractivity contribution in [3.63, 3.8) is 0 Å². The largest absolute Gasteiger partial charge is 0.488 e. The predicted molar refractivity (Wildman–Crippen MR) is 136 cm³/mol. The van der Waals surface area contributed by atoms with E-state index in [2.05, 4.69) is 10.3 Å². The van der Waals surface area contributed by atoms with E-state index >= 15 is 0 Å². The number of fused-ring (bicyclic) bond motifs is 1. The molecular weight excluding hydrogens is 456 g/mol. The number of rotatable bonds is 5. The average Bonchev–Trinajstić information content (AvgIpc) is 3.39. The second-order valence-electron chi connectivity index (χ2n) is 9.42. The molecule has 8 heteroatoms. The molecule has 0 saturated carbocycles. The molecule has 0 bridgehead atoms. The highest BCUT2D eigenvalue weighted by molar-refractivity contribution is 5.92. The summed E-state index contributed by atoms with van der Waals surface area (Å²) in [6, 6.07) is 18.9. The number of amides is 2. The number of hydrogen-bond donors (Lipinski definition) is 2. The number of aryl methyl sites for hydroxylation is 1. The van der Waals surface area contributed by atoms with Crippen LogP contribution >= 0.6 is 0 Å². The van der Waals surface area contributed by atoms with Gasteiger partial charge in [0.05, 0.1) is 17.5 Å². The number of carbonyl (C=O) groups is 2. The van der Waals surface area contributed by atoms with Crippen LogP contribution in [0.4, 0.5) is 0 Å². The number of para-hydroxylation sites is 1. The summed E-state index contributed by atoms with van der Waals surface area (Å²) in [5, 5.41) is 14.7. The minimum atomic E-state index is -0.763. The van der Waals surface area contributed by atoms with Gasteiger partial charge in [-0.3, -0.25) is 19.8 Å². The molecule has 3 atom stereocenters. The Hall–Kier alpha value is -3.75. The quantitative estimate of drug-likeness (QED) is 0.425. The van der Waals surface area contributed by atoms with Crippen molar-refractivity contribution in [2.24, 2.45) is 5.92 Å². The van der Waals surface area contributed by atoms with Gasteiger partial charge in [0.25, 0.3) is 5.91 Å². The Morgan fingerprint density at radius 2 is 1.89 bits per heavy atom. The highest BCUT2D eigenvalue weighted by Gasteiger charge is 2.43. The summed E-state index contributed by atoms with van der Waals surface area (Å²) in [6.07, 6.45) is 1.99. The number of nitrogens with zero attached hydrogens (tertiary/aromatic N) is 3. The Bertz CT molecular complexity index is 1310. The summed E-state index contributed by atoms with van der Waals surface area (Å²) in [5.74, 6) is -0.739. The molecule has 2 aliphatic heterocycles. The molecule has 0 radical (unpaired) electrons. The SMILES string of the molecule is Cc1cc(O[C@@H]2CN[C@H](C(=O)N3CC=C(c4ccccc4)C3)[C@@H](C(=O)N(C)O)C2)c2ccccc2n1. The molecule has 3 aromatic rings. The maximum absolute atomic E-state index is 13.5. The standard InChI is InChI=1S/C28H30N4O4/c1-18-14-25(22-10-6-7-11-24(22)30-18)36-21-15-23(27(33)31(2)35)26(29-16-21)28(34)32-13-12-20(17-32)19-8-4-3-5-9-19/h3-12,14,21,23,26,29,35H,13,15-17H2,1-2H3/t21-,23-,26-/m0/s1. The Morgan fingerprint density at radius 1 is 1.14 bits per heavy atom. The van der Waals surface area contributed by atoms with E-state index in [1.807, 2.05) is 73.7 Å². The highest BCUT2D eigenvalue weighted by atomic mass is 16.5. The number of piperidine rings is 1. The van der Waals surface area contributed by atoms with Gasteiger partial charge in [-0.05, 0) is 36.6 Å². The summed E-state index contributed by atoms with van der Waals surface area (Å²) in [4.78, 5) is 32.8. The molecule has 3 heterocycles. The maximum atomic E-state index is 13.5. The zero-order chi connectivity index (χ0) is 25.2. The lowest BCUT2D eigenvalue weighted by molar-refractivity contribution is -0.169. The van der Waals surface area contributed by atoms with Gasteiger partial charge in [-0.1, -0.05) is 48.5 Å². The third-order valence-electron chi connectivity index (χ3n) is 6.86. The Kier molecular flexibility index (Phi) is 6.71. The van der Waals surface area contributed by atoms with Crippen LogP contribution in [0.5, 0.6) is 5.75 Å². The molecular formula is C28H30N4O4. The smallest absolute Gasteiger partial charge is 0.251 e. The van der Waals surface area contributed by atoms with Gasteiger partial charge in [0, 0.05) is 43.8 Å². The van der Waals surface area contributed by atoms with Crippen LogP contribution in [-0.2, 0) is 9.59 Å². The summed E-state index contributed by atoms with van der Waals surface area (Å²) >= 11 is 0. The fraction of sp³-hybridized carbons (Fsp3) is 0.321. The fourth-order valence-corrected chi connectivity index (χ4v) is 5.06. The molecule has 1 aromatic heterocycles. The van der Waals surface area contributed by atoms with E-state index < -0.39 is 17.9 Å². The lowest BCUT2D eigenvalue weighted by atomic mass is 9.87. The fourth-order valence-electron chi connectivity index (χ4n) is 5.06. The van der Waals surface area contributed by atoms with E-state index in [4.69, 9.17) is 4.74 Å². The van der Waals surface area contributed by atoms with Gasteiger partial charge in [-0.15, -0.1) is 0 Å². The molecule has 0 unspecified atom stereocenters. The molecule has 1 saturated heterocycles. The van der Waals surface area contributed by atoms with Crippen LogP contribution in [0.15, 0.2) is 66.7 Å². The average molecular weight is 487 g/mol. The van der Waals surface area contributed by atoms with E-state index in [0.717, 1.165) is 27.7 Å². The van der Waals surface area contributed by atoms with Crippen LogP contribution in [0.2, 0.25) is 0 Å². The number of pyridine rings is 1. The molecule has 5 rings (SSSR count). The van der Waals surface area contributed by atoms with E-state index in [1.165, 1.54) is 7.05 Å². The maximum Gasteiger partial charge on any atom is 0.251 e. The van der Waals surface area contributed by atoms with Crippen molar-refractivity contribution in [2.45, 2.75) is 25.5 Å². The topological polar surface area (TPSA) is 95.0 Å². The number of carbonyl (C=O) groups excluding carboxylic acids is 2. The summed E-state index contributed by atoms with van der Waals surface area (Å²) in [7, 11) is 1.29. The molecule has 2 N–H and O–H groups in total. The Balaban J connectivity index is 1.32. The lowest BCUT2D eigenvalue weighted by Crippen LogP contribution is -2.60. The van der Waals surface area contributed by atoms with E-state index in [0.29, 0.717) is 36.9 Å². The molecule has 0 spiro atoms. The summed E-state index contributed by atoms with van der Waals surface area (Å²) in [6.45, 7) is 3.28. The Morgan fingerprint density at radius 3 is 2.67 bits per heavy atom. The first-order chi connectivity index (χ1) is 17.4. The number of hydroxylamine groups is 2. The van der Waals surface area contributed by atoms with E-state index in [1.54, 1.807) is 4.90 Å². The molecule has 186 valence electrons. The first-order valence-corrected chi connectivity index (χ1v) is 12.2. The van der Waals surface area contributed by atoms with Gasteiger partial charge in [-0.25, -0.2) is 5.06 Å². The van der Waals surface area contributed by atoms with Crippen LogP contribution < -0.4 is 10.1 Å². The van der Waals surface area contributed by atoms with Crippen LogP contribution in [0.1, 0.15) is 17.7 Å². The lowest BCUT2D eigenvalue weighted by Gasteiger charge is -2.37. The van der Waals surface area contributed by atoms with Crippen molar-refractivity contribution in [2.75, 3.05) is 26.7 Å². The molecule has 2 aliphatic rings. The second-order valence-corrected chi connectivity index (χ2v) is 9.42. The first kappa shape index (κ1) is 24.0. The van der Waals surface area contributed by atoms with Crippen LogP contribution in [0, 0.1) is 12.8 Å². The van der Waals surface area contributed by atoms with E-state index in [9.17, 15) is 14.8 Å². The van der Waals surface area contributed by atoms with Crippen molar-refractivity contribution in [1.29, 1.82) is 0 Å². The second kappa shape index (κ2) is 10.1. The molecule has 1 fully saturated rings. The molecule has 8 nitrogen and oxygen atoms in total. The van der Waals surface area contributed by atoms with Gasteiger partial charge in [0.15, 0.2) is 0 Å². The number of aromatic nitrogens is 1. The van der Waals surface area contributed by atoms with Gasteiger partial charge in [-0.2, -0.15) is 0 Å². The number of ether oxygens (including phenoxy) is 1.